The maximum absolute atomic E-state index is 11.8. The number of amides is 1. The minimum absolute atomic E-state index is 0.144. The van der Waals surface area contributed by atoms with Crippen molar-refractivity contribution in [2.45, 2.75) is 38.8 Å². The molecule has 5 nitrogen and oxygen atoms in total. The van der Waals surface area contributed by atoms with E-state index >= 15 is 0 Å². The zero-order valence-corrected chi connectivity index (χ0v) is 9.77. The summed E-state index contributed by atoms with van der Waals surface area (Å²) in [7, 11) is 0. The van der Waals surface area contributed by atoms with Gasteiger partial charge in [0.25, 0.3) is 0 Å². The van der Waals surface area contributed by atoms with Crippen molar-refractivity contribution >= 4 is 12.1 Å². The number of piperidine rings is 1. The SMILES string of the molecule is CC(C)(C)OC(=O)N1C[C@@H]2C[C@@H]2[C@H]1C(=O)O. The predicted octanol–water partition coefficient (Wildman–Crippen LogP) is 1.33. The van der Waals surface area contributed by atoms with E-state index in [1.165, 1.54) is 4.90 Å². The van der Waals surface area contributed by atoms with E-state index in [1.54, 1.807) is 20.8 Å². The molecule has 1 amide bonds. The molecule has 2 aliphatic rings. The number of aliphatic carboxylic acids is 1. The first-order valence-electron chi connectivity index (χ1n) is 5.52. The lowest BCUT2D eigenvalue weighted by Crippen LogP contribution is -2.45. The zero-order chi connectivity index (χ0) is 12.1. The van der Waals surface area contributed by atoms with E-state index < -0.39 is 23.7 Å². The number of fused-ring (bicyclic) bond motifs is 1. The Morgan fingerprint density at radius 3 is 2.50 bits per heavy atom. The molecule has 1 saturated carbocycles. The molecule has 5 heteroatoms. The number of rotatable bonds is 1. The van der Waals surface area contributed by atoms with Crippen molar-refractivity contribution in [3.63, 3.8) is 0 Å². The highest BCUT2D eigenvalue weighted by Crippen LogP contribution is 2.49. The van der Waals surface area contributed by atoms with Crippen LogP contribution in [0.3, 0.4) is 0 Å². The number of carboxylic acids is 1. The summed E-state index contributed by atoms with van der Waals surface area (Å²) in [6.07, 6.45) is 0.420. The number of hydrogen-bond acceptors (Lipinski definition) is 3. The van der Waals surface area contributed by atoms with E-state index in [0.29, 0.717) is 12.5 Å². The average molecular weight is 227 g/mol. The number of hydrogen-bond donors (Lipinski definition) is 1. The Kier molecular flexibility index (Phi) is 2.36. The van der Waals surface area contributed by atoms with E-state index in [-0.39, 0.29) is 5.92 Å². The monoisotopic (exact) mass is 227 g/mol. The van der Waals surface area contributed by atoms with Crippen LogP contribution in [0.2, 0.25) is 0 Å². The first-order chi connectivity index (χ1) is 7.29. The van der Waals surface area contributed by atoms with Crippen LogP contribution in [0.15, 0.2) is 0 Å². The van der Waals surface area contributed by atoms with E-state index in [2.05, 4.69) is 0 Å². The molecule has 90 valence electrons. The Morgan fingerprint density at radius 1 is 1.38 bits per heavy atom. The molecule has 0 unspecified atom stereocenters. The lowest BCUT2D eigenvalue weighted by atomic mass is 10.2. The van der Waals surface area contributed by atoms with Crippen LogP contribution in [0.4, 0.5) is 4.79 Å². The zero-order valence-electron chi connectivity index (χ0n) is 9.77. The van der Waals surface area contributed by atoms with Crippen LogP contribution in [0.1, 0.15) is 27.2 Å². The van der Waals surface area contributed by atoms with Crippen LogP contribution in [0, 0.1) is 11.8 Å². The highest BCUT2D eigenvalue weighted by Gasteiger charge is 2.57. The molecule has 1 aliphatic heterocycles. The van der Waals surface area contributed by atoms with E-state index in [4.69, 9.17) is 9.84 Å². The molecule has 1 saturated heterocycles. The summed E-state index contributed by atoms with van der Waals surface area (Å²) in [5.41, 5.74) is -0.576. The van der Waals surface area contributed by atoms with Crippen LogP contribution < -0.4 is 0 Å². The van der Waals surface area contributed by atoms with E-state index in [1.807, 2.05) is 0 Å². The molecule has 0 radical (unpaired) electrons. The second-order valence-electron chi connectivity index (χ2n) is 5.58. The number of carboxylic acid groups (broad SMARTS) is 1. The van der Waals surface area contributed by atoms with Gasteiger partial charge in [0.1, 0.15) is 11.6 Å². The van der Waals surface area contributed by atoms with Crippen LogP contribution in [-0.4, -0.2) is 40.3 Å². The van der Waals surface area contributed by atoms with Crippen LogP contribution in [0.25, 0.3) is 0 Å². The quantitative estimate of drug-likeness (QED) is 0.733. The molecular weight excluding hydrogens is 210 g/mol. The second kappa shape index (κ2) is 3.37. The standard InChI is InChI=1S/C11H17NO4/c1-11(2,3)16-10(15)12-5-6-4-7(6)8(12)9(13)14/h6-8H,4-5H2,1-3H3,(H,13,14)/t6-,7-,8-/m0/s1. The predicted molar refractivity (Wildman–Crippen MR) is 56.0 cm³/mol. The van der Waals surface area contributed by atoms with E-state index in [0.717, 1.165) is 6.42 Å². The van der Waals surface area contributed by atoms with Gasteiger partial charge in [-0.2, -0.15) is 0 Å². The van der Waals surface area contributed by atoms with Gasteiger partial charge < -0.3 is 9.84 Å². The van der Waals surface area contributed by atoms with Crippen molar-refractivity contribution in [2.75, 3.05) is 6.54 Å². The molecule has 0 spiro atoms. The van der Waals surface area contributed by atoms with Crippen molar-refractivity contribution in [3.05, 3.63) is 0 Å². The highest BCUT2D eigenvalue weighted by atomic mass is 16.6. The minimum Gasteiger partial charge on any atom is -0.480 e. The van der Waals surface area contributed by atoms with Gasteiger partial charge in [0, 0.05) is 6.54 Å². The van der Waals surface area contributed by atoms with Crippen molar-refractivity contribution in [1.82, 2.24) is 4.90 Å². The molecule has 0 bridgehead atoms. The molecule has 0 aromatic carbocycles. The lowest BCUT2D eigenvalue weighted by molar-refractivity contribution is -0.142. The van der Waals surface area contributed by atoms with Gasteiger partial charge in [0.15, 0.2) is 0 Å². The third-order valence-electron chi connectivity index (χ3n) is 3.03. The van der Waals surface area contributed by atoms with Crippen molar-refractivity contribution in [3.8, 4) is 0 Å². The number of nitrogens with zero attached hydrogens (tertiary/aromatic N) is 1. The van der Waals surface area contributed by atoms with Crippen molar-refractivity contribution in [1.29, 1.82) is 0 Å². The molecular formula is C11H17NO4. The Balaban J connectivity index is 2.04. The Labute approximate surface area is 94.4 Å². The first kappa shape index (κ1) is 11.2. The molecule has 16 heavy (non-hydrogen) atoms. The summed E-state index contributed by atoms with van der Waals surface area (Å²) in [4.78, 5) is 24.2. The molecule has 3 atom stereocenters. The van der Waals surface area contributed by atoms with Gasteiger partial charge in [0.05, 0.1) is 0 Å². The number of carbonyl (C=O) groups excluding carboxylic acids is 1. The fourth-order valence-corrected chi connectivity index (χ4v) is 2.29. The third-order valence-corrected chi connectivity index (χ3v) is 3.03. The lowest BCUT2D eigenvalue weighted by Gasteiger charge is -2.28. The Morgan fingerprint density at radius 2 is 2.00 bits per heavy atom. The van der Waals surface area contributed by atoms with Gasteiger partial charge in [-0.05, 0) is 39.0 Å². The fraction of sp³-hybridized carbons (Fsp3) is 0.818. The molecule has 2 rings (SSSR count). The molecule has 1 heterocycles. The summed E-state index contributed by atoms with van der Waals surface area (Å²) in [5, 5.41) is 9.08. The molecule has 0 aromatic heterocycles. The maximum atomic E-state index is 11.8. The van der Waals surface area contributed by atoms with Gasteiger partial charge in [-0.25, -0.2) is 9.59 Å². The summed E-state index contributed by atoms with van der Waals surface area (Å²) in [5.74, 6) is -0.408. The molecule has 0 aromatic rings. The van der Waals surface area contributed by atoms with Gasteiger partial charge in [-0.1, -0.05) is 0 Å². The molecule has 1 N–H and O–H groups in total. The van der Waals surface area contributed by atoms with Crippen molar-refractivity contribution < 1.29 is 19.4 Å². The third kappa shape index (κ3) is 1.99. The average Bonchev–Trinajstić information content (AvgIpc) is 2.73. The van der Waals surface area contributed by atoms with Gasteiger partial charge in [-0.3, -0.25) is 4.90 Å². The Hall–Kier alpha value is -1.26. The maximum Gasteiger partial charge on any atom is 0.411 e. The van der Waals surface area contributed by atoms with Crippen LogP contribution >= 0.6 is 0 Å². The fourth-order valence-electron chi connectivity index (χ4n) is 2.29. The van der Waals surface area contributed by atoms with E-state index in [9.17, 15) is 9.59 Å². The van der Waals surface area contributed by atoms with Gasteiger partial charge in [0.2, 0.25) is 0 Å². The summed E-state index contributed by atoms with van der Waals surface area (Å²) >= 11 is 0. The second-order valence-corrected chi connectivity index (χ2v) is 5.58. The topological polar surface area (TPSA) is 66.8 Å². The first-order valence-corrected chi connectivity index (χ1v) is 5.52. The van der Waals surface area contributed by atoms with Crippen molar-refractivity contribution in [2.24, 2.45) is 11.8 Å². The van der Waals surface area contributed by atoms with Crippen LogP contribution in [-0.2, 0) is 9.53 Å². The smallest absolute Gasteiger partial charge is 0.411 e. The summed E-state index contributed by atoms with van der Waals surface area (Å²) in [6.45, 7) is 5.85. The normalized spacial score (nSPS) is 32.2. The number of carbonyl (C=O) groups is 2. The molecule has 1 aliphatic carbocycles. The number of likely N-dealkylation sites (tertiary alicyclic amines) is 1. The highest BCUT2D eigenvalue weighted by molar-refractivity contribution is 5.82. The molecule has 2 fully saturated rings. The van der Waals surface area contributed by atoms with Gasteiger partial charge in [-0.15, -0.1) is 0 Å². The Bertz CT molecular complexity index is 333. The summed E-state index contributed by atoms with van der Waals surface area (Å²) in [6, 6.07) is -0.681. The van der Waals surface area contributed by atoms with Gasteiger partial charge >= 0.3 is 12.1 Å². The summed E-state index contributed by atoms with van der Waals surface area (Å²) < 4.78 is 5.19. The number of ether oxygens (including phenoxy) is 1. The minimum atomic E-state index is -0.921. The largest absolute Gasteiger partial charge is 0.480 e. The van der Waals surface area contributed by atoms with Crippen LogP contribution in [0.5, 0.6) is 0 Å².